The Labute approximate surface area is 62.0 Å². The van der Waals surface area contributed by atoms with Crippen LogP contribution in [-0.2, 0) is 11.8 Å². The molecule has 0 amide bonds. The summed E-state index contributed by atoms with van der Waals surface area (Å²) in [5, 5.41) is 0. The fourth-order valence-corrected chi connectivity index (χ4v) is 0.824. The largest absolute Gasteiger partial charge is 0.375 e. The Hall–Kier alpha value is -0.830. The molecule has 0 bridgehead atoms. The fraction of sp³-hybridized carbons (Fsp3) is 0.571. The van der Waals surface area contributed by atoms with Crippen molar-refractivity contribution in [3.05, 3.63) is 18.2 Å². The van der Waals surface area contributed by atoms with E-state index in [1.165, 1.54) is 0 Å². The summed E-state index contributed by atoms with van der Waals surface area (Å²) in [5.41, 5.74) is 0.928. The Morgan fingerprint density at radius 1 is 1.90 bits per heavy atom. The number of rotatable bonds is 2. The minimum absolute atomic E-state index is 0.00611. The Balaban J connectivity index is 2.94. The minimum atomic E-state index is 0.00611. The molecule has 1 rings (SSSR count). The molecule has 0 aliphatic rings. The Bertz CT molecular complexity index is 247. The topological polar surface area (TPSA) is 27.1 Å². The van der Waals surface area contributed by atoms with Crippen LogP contribution in [0.2, 0.25) is 0 Å². The number of imidazole rings is 1. The number of hydrogen-bond donors (Lipinski definition) is 0. The lowest BCUT2D eigenvalue weighted by molar-refractivity contribution is 0.113. The van der Waals surface area contributed by atoms with Crippen LogP contribution >= 0.6 is 0 Å². The smallest absolute Gasteiger partial charge is 0.104 e. The molecule has 56 valence electrons. The third-order valence-electron chi connectivity index (χ3n) is 1.56. The van der Waals surface area contributed by atoms with Crippen LogP contribution in [0.4, 0.5) is 0 Å². The van der Waals surface area contributed by atoms with E-state index in [-0.39, 0.29) is 12.4 Å². The first-order valence-electron chi connectivity index (χ1n) is 3.67. The van der Waals surface area contributed by atoms with Crippen molar-refractivity contribution in [2.75, 3.05) is 7.11 Å². The van der Waals surface area contributed by atoms with E-state index in [0.29, 0.717) is 0 Å². The highest BCUT2D eigenvalue weighted by Crippen LogP contribution is 2.12. The molecule has 0 aliphatic carbocycles. The first-order valence-corrected chi connectivity index (χ1v) is 3.17. The number of hydrogen-bond acceptors (Lipinski definition) is 2. The summed E-state index contributed by atoms with van der Waals surface area (Å²) in [6.45, 7) is 1.93. The molecular weight excluding hydrogens is 128 g/mol. The van der Waals surface area contributed by atoms with Gasteiger partial charge < -0.3 is 9.30 Å². The second-order valence-electron chi connectivity index (χ2n) is 2.22. The fourth-order valence-electron chi connectivity index (χ4n) is 0.824. The minimum Gasteiger partial charge on any atom is -0.375 e. The number of ether oxygens (including phenoxy) is 1. The maximum atomic E-state index is 7.31. The third-order valence-corrected chi connectivity index (χ3v) is 1.56. The van der Waals surface area contributed by atoms with E-state index in [0.717, 1.165) is 5.69 Å². The molecule has 1 atom stereocenters. The average Bonchev–Trinajstić information content (AvgIpc) is 2.32. The lowest BCUT2D eigenvalue weighted by Crippen LogP contribution is -2.01. The molecule has 0 spiro atoms. The highest BCUT2D eigenvalue weighted by Gasteiger charge is 2.05. The summed E-state index contributed by atoms with van der Waals surface area (Å²) in [5.74, 6) is 0. The summed E-state index contributed by atoms with van der Waals surface area (Å²) < 4.78 is 14.1. The van der Waals surface area contributed by atoms with Gasteiger partial charge in [-0.1, -0.05) is 0 Å². The molecule has 0 saturated carbocycles. The first-order chi connectivity index (χ1) is 5.16. The van der Waals surface area contributed by atoms with Crippen LogP contribution in [0.1, 0.15) is 20.1 Å². The number of nitrogens with zero attached hydrogens (tertiary/aromatic N) is 2. The maximum absolute atomic E-state index is 7.31. The lowest BCUT2D eigenvalue weighted by atomic mass is 10.3. The van der Waals surface area contributed by atoms with Crippen molar-refractivity contribution >= 4 is 0 Å². The van der Waals surface area contributed by atoms with Gasteiger partial charge in [0.15, 0.2) is 0 Å². The molecule has 0 fully saturated rings. The van der Waals surface area contributed by atoms with E-state index < -0.39 is 0 Å². The van der Waals surface area contributed by atoms with Gasteiger partial charge in [0.25, 0.3) is 0 Å². The van der Waals surface area contributed by atoms with Crippen molar-refractivity contribution in [3.8, 4) is 0 Å². The summed E-state index contributed by atoms with van der Waals surface area (Å²) in [6.07, 6.45) is 1.94. The van der Waals surface area contributed by atoms with Crippen LogP contribution in [-0.4, -0.2) is 16.7 Å². The molecule has 0 saturated heterocycles. The van der Waals surface area contributed by atoms with Crippen LogP contribution in [0.25, 0.3) is 0 Å². The second kappa shape index (κ2) is 2.84. The van der Waals surface area contributed by atoms with Gasteiger partial charge in [0.1, 0.15) is 1.37 Å². The SMILES string of the molecule is [2H]c1ncc(C(C)OC)n1C. The van der Waals surface area contributed by atoms with Gasteiger partial charge in [0.05, 0.1) is 24.3 Å². The normalized spacial score (nSPS) is 14.9. The van der Waals surface area contributed by atoms with Crippen molar-refractivity contribution in [2.45, 2.75) is 13.0 Å². The van der Waals surface area contributed by atoms with E-state index >= 15 is 0 Å². The average molecular weight is 141 g/mol. The van der Waals surface area contributed by atoms with Gasteiger partial charge in [-0.3, -0.25) is 0 Å². The molecular formula is C7H12N2O. The van der Waals surface area contributed by atoms with Gasteiger partial charge in [-0.25, -0.2) is 4.98 Å². The third kappa shape index (κ3) is 1.19. The highest BCUT2D eigenvalue weighted by atomic mass is 16.5. The Morgan fingerprint density at radius 3 is 3.00 bits per heavy atom. The molecule has 1 aromatic rings. The summed E-state index contributed by atoms with van der Waals surface area (Å²) >= 11 is 0. The molecule has 0 N–H and O–H groups in total. The van der Waals surface area contributed by atoms with E-state index in [1.54, 1.807) is 24.9 Å². The van der Waals surface area contributed by atoms with Gasteiger partial charge in [-0.15, -0.1) is 0 Å². The highest BCUT2D eigenvalue weighted by molar-refractivity contribution is 5.00. The zero-order chi connectivity index (χ0) is 8.43. The van der Waals surface area contributed by atoms with Crippen LogP contribution in [0.5, 0.6) is 0 Å². The number of methoxy groups -OCH3 is 1. The van der Waals surface area contributed by atoms with Crippen LogP contribution < -0.4 is 0 Å². The quantitative estimate of drug-likeness (QED) is 0.617. The van der Waals surface area contributed by atoms with Gasteiger partial charge in [0.2, 0.25) is 0 Å². The van der Waals surface area contributed by atoms with E-state index in [4.69, 9.17) is 6.11 Å². The van der Waals surface area contributed by atoms with Crippen molar-refractivity contribution in [2.24, 2.45) is 7.05 Å². The van der Waals surface area contributed by atoms with Crippen molar-refractivity contribution in [1.29, 1.82) is 0 Å². The van der Waals surface area contributed by atoms with Crippen LogP contribution in [0.3, 0.4) is 0 Å². The van der Waals surface area contributed by atoms with Crippen molar-refractivity contribution in [3.63, 3.8) is 0 Å². The number of aromatic nitrogens is 2. The second-order valence-corrected chi connectivity index (χ2v) is 2.22. The molecule has 3 nitrogen and oxygen atoms in total. The molecule has 0 radical (unpaired) electrons. The van der Waals surface area contributed by atoms with Gasteiger partial charge in [-0.2, -0.15) is 0 Å². The van der Waals surface area contributed by atoms with E-state index in [1.807, 2.05) is 6.92 Å². The van der Waals surface area contributed by atoms with E-state index in [9.17, 15) is 0 Å². The molecule has 1 unspecified atom stereocenters. The zero-order valence-electron chi connectivity index (χ0n) is 7.46. The molecule has 0 aromatic carbocycles. The summed E-state index contributed by atoms with van der Waals surface area (Å²) in [7, 11) is 3.45. The van der Waals surface area contributed by atoms with Gasteiger partial charge in [0, 0.05) is 14.2 Å². The van der Waals surface area contributed by atoms with Crippen molar-refractivity contribution < 1.29 is 6.11 Å². The molecule has 1 aromatic heterocycles. The Kier molecular flexibility index (Phi) is 1.68. The Morgan fingerprint density at radius 2 is 2.60 bits per heavy atom. The lowest BCUT2D eigenvalue weighted by Gasteiger charge is -2.08. The maximum Gasteiger partial charge on any atom is 0.104 e. The predicted molar refractivity (Wildman–Crippen MR) is 38.6 cm³/mol. The standard InChI is InChI=1S/C7H12N2O/c1-6(10-3)7-4-8-5-9(7)2/h4-6H,1-3H3/i5D. The zero-order valence-corrected chi connectivity index (χ0v) is 6.46. The summed E-state index contributed by atoms with van der Waals surface area (Å²) in [6, 6.07) is 0. The first kappa shape index (κ1) is 5.92. The van der Waals surface area contributed by atoms with Gasteiger partial charge in [-0.05, 0) is 6.92 Å². The molecule has 0 aliphatic heterocycles. The van der Waals surface area contributed by atoms with Crippen LogP contribution in [0, 0.1) is 0 Å². The monoisotopic (exact) mass is 141 g/mol. The van der Waals surface area contributed by atoms with Crippen molar-refractivity contribution in [1.82, 2.24) is 9.55 Å². The molecule has 1 heterocycles. The van der Waals surface area contributed by atoms with Gasteiger partial charge >= 0.3 is 0 Å². The predicted octanol–water partition coefficient (Wildman–Crippen LogP) is 1.13. The van der Waals surface area contributed by atoms with E-state index in [2.05, 4.69) is 4.98 Å². The molecule has 10 heavy (non-hydrogen) atoms. The van der Waals surface area contributed by atoms with Crippen LogP contribution in [0.15, 0.2) is 12.5 Å². The summed E-state index contributed by atoms with van der Waals surface area (Å²) in [4.78, 5) is 3.83. The molecule has 3 heteroatoms.